The van der Waals surface area contributed by atoms with Crippen LogP contribution in [0.25, 0.3) is 0 Å². The SMILES string of the molecule is CC[C@H](C)NC(=O)[C@@H](C)N(Cc1ccc(Cl)cc1)C(=O)Cc1ccc(Cl)cc1. The number of benzene rings is 2. The van der Waals surface area contributed by atoms with Crippen LogP contribution in [0.15, 0.2) is 48.5 Å². The van der Waals surface area contributed by atoms with Gasteiger partial charge in [-0.15, -0.1) is 0 Å². The van der Waals surface area contributed by atoms with Gasteiger partial charge in [0, 0.05) is 22.6 Å². The van der Waals surface area contributed by atoms with Crippen molar-refractivity contribution in [3.63, 3.8) is 0 Å². The summed E-state index contributed by atoms with van der Waals surface area (Å²) >= 11 is 11.9. The standard InChI is InChI=1S/C22H26Cl2N2O2/c1-4-15(2)25-22(28)16(3)26(14-18-7-11-20(24)12-8-18)21(27)13-17-5-9-19(23)10-6-17/h5-12,15-16H,4,13-14H2,1-3H3,(H,25,28)/t15-,16+/m0/s1. The zero-order valence-electron chi connectivity index (χ0n) is 16.4. The molecule has 4 nitrogen and oxygen atoms in total. The molecule has 6 heteroatoms. The zero-order chi connectivity index (χ0) is 20.7. The number of carbonyl (C=O) groups excluding carboxylic acids is 2. The van der Waals surface area contributed by atoms with Gasteiger partial charge >= 0.3 is 0 Å². The van der Waals surface area contributed by atoms with Crippen molar-refractivity contribution in [1.82, 2.24) is 10.2 Å². The third-order valence-corrected chi connectivity index (χ3v) is 5.21. The highest BCUT2D eigenvalue weighted by Crippen LogP contribution is 2.16. The molecule has 2 aromatic rings. The van der Waals surface area contributed by atoms with Crippen molar-refractivity contribution in [3.8, 4) is 0 Å². The van der Waals surface area contributed by atoms with Crippen LogP contribution >= 0.6 is 23.2 Å². The van der Waals surface area contributed by atoms with Crippen LogP contribution < -0.4 is 5.32 Å². The van der Waals surface area contributed by atoms with Crippen LogP contribution in [0.2, 0.25) is 10.0 Å². The molecule has 150 valence electrons. The number of amides is 2. The van der Waals surface area contributed by atoms with Crippen LogP contribution in [0.1, 0.15) is 38.3 Å². The maximum Gasteiger partial charge on any atom is 0.242 e. The summed E-state index contributed by atoms with van der Waals surface area (Å²) in [5.41, 5.74) is 1.77. The average molecular weight is 421 g/mol. The first-order chi connectivity index (χ1) is 13.3. The van der Waals surface area contributed by atoms with E-state index in [4.69, 9.17) is 23.2 Å². The fourth-order valence-corrected chi connectivity index (χ4v) is 2.97. The van der Waals surface area contributed by atoms with E-state index in [9.17, 15) is 9.59 Å². The molecule has 0 saturated heterocycles. The van der Waals surface area contributed by atoms with Crippen LogP contribution in [0.3, 0.4) is 0 Å². The van der Waals surface area contributed by atoms with E-state index in [1.165, 1.54) is 0 Å². The largest absolute Gasteiger partial charge is 0.352 e. The summed E-state index contributed by atoms with van der Waals surface area (Å²) in [5, 5.41) is 4.21. The Morgan fingerprint density at radius 1 is 0.929 bits per heavy atom. The van der Waals surface area contributed by atoms with Gasteiger partial charge in [0.2, 0.25) is 11.8 Å². The predicted molar refractivity (Wildman–Crippen MR) is 115 cm³/mol. The monoisotopic (exact) mass is 420 g/mol. The highest BCUT2D eigenvalue weighted by atomic mass is 35.5. The zero-order valence-corrected chi connectivity index (χ0v) is 17.9. The second kappa shape index (κ2) is 10.5. The molecule has 0 fully saturated rings. The smallest absolute Gasteiger partial charge is 0.242 e. The second-order valence-corrected chi connectivity index (χ2v) is 7.82. The van der Waals surface area contributed by atoms with Gasteiger partial charge in [0.25, 0.3) is 0 Å². The van der Waals surface area contributed by atoms with Crippen LogP contribution in [0.5, 0.6) is 0 Å². The van der Waals surface area contributed by atoms with Crippen molar-refractivity contribution in [1.29, 1.82) is 0 Å². The Labute approximate surface area is 176 Å². The van der Waals surface area contributed by atoms with Gasteiger partial charge < -0.3 is 10.2 Å². The Morgan fingerprint density at radius 3 is 1.93 bits per heavy atom. The molecule has 0 heterocycles. The number of hydrogen-bond donors (Lipinski definition) is 1. The Hall–Kier alpha value is -2.04. The summed E-state index contributed by atoms with van der Waals surface area (Å²) in [4.78, 5) is 27.3. The summed E-state index contributed by atoms with van der Waals surface area (Å²) in [6, 6.07) is 13.9. The van der Waals surface area contributed by atoms with Gasteiger partial charge in [0.05, 0.1) is 6.42 Å². The topological polar surface area (TPSA) is 49.4 Å². The fourth-order valence-electron chi connectivity index (χ4n) is 2.71. The second-order valence-electron chi connectivity index (χ2n) is 6.95. The molecule has 2 amide bonds. The van der Waals surface area contributed by atoms with Crippen molar-refractivity contribution < 1.29 is 9.59 Å². The van der Waals surface area contributed by atoms with Gasteiger partial charge in [0.1, 0.15) is 6.04 Å². The number of rotatable bonds is 8. The van der Waals surface area contributed by atoms with E-state index in [0.717, 1.165) is 17.5 Å². The van der Waals surface area contributed by atoms with Crippen LogP contribution in [-0.2, 0) is 22.6 Å². The summed E-state index contributed by atoms with van der Waals surface area (Å²) < 4.78 is 0. The van der Waals surface area contributed by atoms with E-state index >= 15 is 0 Å². The minimum absolute atomic E-state index is 0.0544. The lowest BCUT2D eigenvalue weighted by atomic mass is 10.1. The van der Waals surface area contributed by atoms with Gasteiger partial charge in [-0.1, -0.05) is 54.4 Å². The van der Waals surface area contributed by atoms with Crippen LogP contribution in [0, 0.1) is 0 Å². The molecule has 0 bridgehead atoms. The van der Waals surface area contributed by atoms with Gasteiger partial charge in [-0.05, 0) is 55.7 Å². The lowest BCUT2D eigenvalue weighted by Gasteiger charge is -2.30. The molecule has 1 N–H and O–H groups in total. The average Bonchev–Trinajstić information content (AvgIpc) is 2.68. The summed E-state index contributed by atoms with van der Waals surface area (Å²) in [5.74, 6) is -0.281. The van der Waals surface area contributed by atoms with Gasteiger partial charge in [-0.25, -0.2) is 0 Å². The lowest BCUT2D eigenvalue weighted by Crippen LogP contribution is -2.49. The number of halogens is 2. The molecule has 0 aliphatic heterocycles. The molecule has 0 spiro atoms. The first-order valence-electron chi connectivity index (χ1n) is 9.39. The minimum Gasteiger partial charge on any atom is -0.352 e. The van der Waals surface area contributed by atoms with Gasteiger partial charge in [-0.3, -0.25) is 9.59 Å². The Kier molecular flexibility index (Phi) is 8.34. The van der Waals surface area contributed by atoms with Gasteiger partial charge in [0.15, 0.2) is 0 Å². The molecule has 28 heavy (non-hydrogen) atoms. The molecule has 2 aromatic carbocycles. The fraction of sp³-hybridized carbons (Fsp3) is 0.364. The predicted octanol–water partition coefficient (Wildman–Crippen LogP) is 4.87. The third kappa shape index (κ3) is 6.54. The summed E-state index contributed by atoms with van der Waals surface area (Å²) in [6.45, 7) is 6.04. The Morgan fingerprint density at radius 2 is 1.43 bits per heavy atom. The summed E-state index contributed by atoms with van der Waals surface area (Å²) in [7, 11) is 0. The maximum absolute atomic E-state index is 13.1. The van der Waals surface area contributed by atoms with Crippen LogP contribution in [0.4, 0.5) is 0 Å². The van der Waals surface area contributed by atoms with E-state index in [1.54, 1.807) is 36.1 Å². The molecule has 0 radical (unpaired) electrons. The van der Waals surface area contributed by atoms with E-state index < -0.39 is 6.04 Å². The van der Waals surface area contributed by atoms with E-state index in [1.807, 2.05) is 38.1 Å². The van der Waals surface area contributed by atoms with Crippen molar-refractivity contribution in [3.05, 3.63) is 69.7 Å². The Balaban J connectivity index is 2.20. The van der Waals surface area contributed by atoms with Crippen molar-refractivity contribution in [2.75, 3.05) is 0 Å². The van der Waals surface area contributed by atoms with Gasteiger partial charge in [-0.2, -0.15) is 0 Å². The molecular formula is C22H26Cl2N2O2. The quantitative estimate of drug-likeness (QED) is 0.661. The minimum atomic E-state index is -0.593. The molecule has 0 aliphatic rings. The number of hydrogen-bond acceptors (Lipinski definition) is 2. The molecule has 2 rings (SSSR count). The molecule has 0 aliphatic carbocycles. The number of nitrogens with one attached hydrogen (secondary N) is 1. The third-order valence-electron chi connectivity index (χ3n) is 4.70. The normalized spacial score (nSPS) is 12.9. The molecule has 0 unspecified atom stereocenters. The first-order valence-corrected chi connectivity index (χ1v) is 10.1. The van der Waals surface area contributed by atoms with E-state index in [2.05, 4.69) is 5.32 Å². The molecule has 0 saturated carbocycles. The Bertz CT molecular complexity index is 791. The molecule has 2 atom stereocenters. The van der Waals surface area contributed by atoms with Crippen LogP contribution in [-0.4, -0.2) is 28.8 Å². The van der Waals surface area contributed by atoms with E-state index in [-0.39, 0.29) is 24.3 Å². The van der Waals surface area contributed by atoms with Crippen molar-refractivity contribution in [2.24, 2.45) is 0 Å². The first kappa shape index (κ1) is 22.3. The highest BCUT2D eigenvalue weighted by Gasteiger charge is 2.26. The van der Waals surface area contributed by atoms with Crippen molar-refractivity contribution >= 4 is 35.0 Å². The maximum atomic E-state index is 13.1. The number of carbonyl (C=O) groups is 2. The highest BCUT2D eigenvalue weighted by molar-refractivity contribution is 6.30. The molecule has 0 aromatic heterocycles. The number of nitrogens with zero attached hydrogens (tertiary/aromatic N) is 1. The molecular weight excluding hydrogens is 395 g/mol. The lowest BCUT2D eigenvalue weighted by molar-refractivity contribution is -0.140. The van der Waals surface area contributed by atoms with Crippen molar-refractivity contribution in [2.45, 2.75) is 52.2 Å². The summed E-state index contributed by atoms with van der Waals surface area (Å²) in [6.07, 6.45) is 1.03. The van der Waals surface area contributed by atoms with E-state index in [0.29, 0.717) is 16.6 Å².